The molecule has 4 amide bonds. The van der Waals surface area contributed by atoms with Gasteiger partial charge in [0.1, 0.15) is 36.1 Å². The molecule has 0 radical (unpaired) electrons. The lowest BCUT2D eigenvalue weighted by molar-refractivity contribution is -0.140. The van der Waals surface area contributed by atoms with Gasteiger partial charge in [0.05, 0.1) is 55.3 Å². The quantitative estimate of drug-likeness (QED) is 0.117. The Morgan fingerprint density at radius 2 is 1.50 bits per heavy atom. The van der Waals surface area contributed by atoms with E-state index in [1.807, 2.05) is 17.9 Å². The number of imidazole rings is 2. The topological polar surface area (TPSA) is 202 Å². The van der Waals surface area contributed by atoms with Gasteiger partial charge in [-0.3, -0.25) is 9.59 Å². The van der Waals surface area contributed by atoms with E-state index in [-0.39, 0.29) is 41.9 Å². The molecule has 17 nitrogen and oxygen atoms in total. The van der Waals surface area contributed by atoms with Gasteiger partial charge in [0.15, 0.2) is 0 Å². The number of likely N-dealkylation sites (tertiary alicyclic amines) is 2. The first kappa shape index (κ1) is 43.1. The number of hydrogen-bond acceptors (Lipinski definition) is 11. The Kier molecular flexibility index (Phi) is 11.9. The lowest BCUT2D eigenvalue weighted by Gasteiger charge is -2.36. The number of amides is 4. The SMILES string of the molecule is COC(=O)NC(C(=O)N1[C@@H](C)CC[C@H]1c1nc2ccc3cc4c(cc3c2[nH]1)OCc1cc(-c2cnc([C@@H]3CC[C@H](C)N3C(=O)[C@@H](NC(=O)OC)[C@@H](C)OC)[nH]2)ccc1-4)C1CCOCC1. The van der Waals surface area contributed by atoms with E-state index in [1.165, 1.54) is 21.3 Å². The van der Waals surface area contributed by atoms with Gasteiger partial charge < -0.3 is 54.1 Å². The molecule has 0 saturated carbocycles. The molecule has 4 aliphatic heterocycles. The van der Waals surface area contributed by atoms with Crippen molar-refractivity contribution in [1.29, 1.82) is 0 Å². The number of benzene rings is 3. The van der Waals surface area contributed by atoms with Gasteiger partial charge in [-0.15, -0.1) is 0 Å². The van der Waals surface area contributed by atoms with Crippen LogP contribution in [0.1, 0.15) is 88.6 Å². The molecule has 17 heteroatoms. The van der Waals surface area contributed by atoms with Gasteiger partial charge in [0.2, 0.25) is 11.8 Å². The number of aromatic amines is 2. The molecule has 4 N–H and O–H groups in total. The number of carbonyl (C=O) groups is 4. The molecule has 64 heavy (non-hydrogen) atoms. The van der Waals surface area contributed by atoms with Gasteiger partial charge in [0.25, 0.3) is 0 Å². The average Bonchev–Trinajstić information content (AvgIpc) is 4.14. The average molecular weight is 877 g/mol. The van der Waals surface area contributed by atoms with E-state index in [0.717, 1.165) is 74.8 Å². The molecule has 4 aliphatic rings. The predicted molar refractivity (Wildman–Crippen MR) is 236 cm³/mol. The highest BCUT2D eigenvalue weighted by molar-refractivity contribution is 6.07. The molecule has 9 rings (SSSR count). The smallest absolute Gasteiger partial charge is 0.407 e. The number of nitrogens with one attached hydrogen (secondary N) is 4. The minimum absolute atomic E-state index is 0.0424. The highest BCUT2D eigenvalue weighted by Gasteiger charge is 2.44. The zero-order valence-electron chi connectivity index (χ0n) is 37.1. The van der Waals surface area contributed by atoms with E-state index in [1.54, 1.807) is 18.0 Å². The second-order valence-corrected chi connectivity index (χ2v) is 17.5. The van der Waals surface area contributed by atoms with E-state index in [9.17, 15) is 19.2 Å². The summed E-state index contributed by atoms with van der Waals surface area (Å²) in [6, 6.07) is 12.2. The van der Waals surface area contributed by atoms with E-state index >= 15 is 0 Å². The summed E-state index contributed by atoms with van der Waals surface area (Å²) in [7, 11) is 4.07. The molecular weight excluding hydrogens is 821 g/mol. The van der Waals surface area contributed by atoms with Crippen molar-refractivity contribution in [3.63, 3.8) is 0 Å². The molecule has 3 aromatic carbocycles. The second-order valence-electron chi connectivity index (χ2n) is 17.5. The minimum Gasteiger partial charge on any atom is -0.488 e. The lowest BCUT2D eigenvalue weighted by Crippen LogP contribution is -2.55. The second kappa shape index (κ2) is 17.8. The van der Waals surface area contributed by atoms with Crippen LogP contribution in [0.4, 0.5) is 9.59 Å². The molecule has 6 heterocycles. The molecule has 1 unspecified atom stereocenters. The van der Waals surface area contributed by atoms with Crippen molar-refractivity contribution in [2.75, 3.05) is 34.5 Å². The molecule has 3 fully saturated rings. The first-order valence-electron chi connectivity index (χ1n) is 22.2. The van der Waals surface area contributed by atoms with E-state index in [0.29, 0.717) is 50.7 Å². The Bertz CT molecular complexity index is 2590. The molecular formula is C47H56N8O9. The third-order valence-corrected chi connectivity index (χ3v) is 13.8. The van der Waals surface area contributed by atoms with Gasteiger partial charge in [-0.2, -0.15) is 0 Å². The van der Waals surface area contributed by atoms with Crippen LogP contribution >= 0.6 is 0 Å². The molecule has 3 saturated heterocycles. The van der Waals surface area contributed by atoms with Crippen LogP contribution in [0, 0.1) is 5.92 Å². The Balaban J connectivity index is 0.963. The summed E-state index contributed by atoms with van der Waals surface area (Å²) in [5, 5.41) is 7.49. The van der Waals surface area contributed by atoms with Gasteiger partial charge in [-0.05, 0) is 112 Å². The van der Waals surface area contributed by atoms with Crippen molar-refractivity contribution in [3.05, 3.63) is 65.9 Å². The maximum Gasteiger partial charge on any atom is 0.407 e. The van der Waals surface area contributed by atoms with Crippen LogP contribution in [0.5, 0.6) is 5.75 Å². The Labute approximate surface area is 370 Å². The van der Waals surface area contributed by atoms with Gasteiger partial charge in [0, 0.05) is 43.4 Å². The van der Waals surface area contributed by atoms with Crippen molar-refractivity contribution in [3.8, 4) is 28.1 Å². The Morgan fingerprint density at radius 1 is 0.797 bits per heavy atom. The van der Waals surface area contributed by atoms with Crippen molar-refractivity contribution < 1.29 is 42.9 Å². The highest BCUT2D eigenvalue weighted by Crippen LogP contribution is 2.44. The molecule has 0 aliphatic carbocycles. The number of carbonyl (C=O) groups excluding carboxylic acids is 4. The number of rotatable bonds is 10. The van der Waals surface area contributed by atoms with E-state index in [4.69, 9.17) is 33.7 Å². The molecule has 0 bridgehead atoms. The minimum atomic E-state index is -0.928. The lowest BCUT2D eigenvalue weighted by atomic mass is 9.90. The number of hydrogen-bond donors (Lipinski definition) is 4. The fourth-order valence-electron chi connectivity index (χ4n) is 10.2. The number of ether oxygens (including phenoxy) is 5. The van der Waals surface area contributed by atoms with Gasteiger partial charge >= 0.3 is 12.2 Å². The molecule has 5 aromatic rings. The number of H-pyrrole nitrogens is 2. The van der Waals surface area contributed by atoms with Crippen LogP contribution in [0.15, 0.2) is 48.7 Å². The predicted octanol–water partition coefficient (Wildman–Crippen LogP) is 6.68. The van der Waals surface area contributed by atoms with Crippen LogP contribution in [0.25, 0.3) is 44.2 Å². The summed E-state index contributed by atoms with van der Waals surface area (Å²) >= 11 is 0. The summed E-state index contributed by atoms with van der Waals surface area (Å²) in [5.41, 5.74) is 6.51. The summed E-state index contributed by atoms with van der Waals surface area (Å²) in [4.78, 5) is 73.6. The fraction of sp³-hybridized carbons (Fsp3) is 0.489. The molecule has 0 spiro atoms. The fourth-order valence-corrected chi connectivity index (χ4v) is 10.2. The molecule has 338 valence electrons. The molecule has 2 aromatic heterocycles. The van der Waals surface area contributed by atoms with Crippen LogP contribution < -0.4 is 15.4 Å². The third-order valence-electron chi connectivity index (χ3n) is 13.8. The number of aromatic nitrogens is 4. The number of nitrogens with zero attached hydrogens (tertiary/aromatic N) is 4. The zero-order valence-corrected chi connectivity index (χ0v) is 37.1. The van der Waals surface area contributed by atoms with E-state index in [2.05, 4.69) is 63.9 Å². The Hall–Kier alpha value is -6.20. The maximum atomic E-state index is 14.4. The Morgan fingerprint density at radius 3 is 2.22 bits per heavy atom. The van der Waals surface area contributed by atoms with Crippen LogP contribution in [-0.4, -0.2) is 119 Å². The first-order chi connectivity index (χ1) is 31.0. The highest BCUT2D eigenvalue weighted by atomic mass is 16.5. The zero-order chi connectivity index (χ0) is 44.8. The number of alkyl carbamates (subject to hydrolysis) is 2. The maximum absolute atomic E-state index is 14.4. The van der Waals surface area contributed by atoms with Crippen molar-refractivity contribution in [2.45, 2.75) is 108 Å². The number of fused-ring (bicyclic) bond motifs is 6. The monoisotopic (exact) mass is 876 g/mol. The normalized spacial score (nSPS) is 22.3. The van der Waals surface area contributed by atoms with Crippen LogP contribution in [-0.2, 0) is 35.1 Å². The van der Waals surface area contributed by atoms with Crippen molar-refractivity contribution in [2.24, 2.45) is 5.92 Å². The largest absolute Gasteiger partial charge is 0.488 e. The van der Waals surface area contributed by atoms with Crippen LogP contribution in [0.2, 0.25) is 0 Å². The van der Waals surface area contributed by atoms with Gasteiger partial charge in [-0.25, -0.2) is 19.6 Å². The first-order valence-corrected chi connectivity index (χ1v) is 22.2. The summed E-state index contributed by atoms with van der Waals surface area (Å²) in [5.74, 6) is 1.70. The summed E-state index contributed by atoms with van der Waals surface area (Å²) < 4.78 is 27.2. The third kappa shape index (κ3) is 7.88. The van der Waals surface area contributed by atoms with Crippen molar-refractivity contribution in [1.82, 2.24) is 40.4 Å². The van der Waals surface area contributed by atoms with Gasteiger partial charge in [-0.1, -0.05) is 18.2 Å². The van der Waals surface area contributed by atoms with Crippen LogP contribution in [0.3, 0.4) is 0 Å². The number of methoxy groups -OCH3 is 3. The standard InChI is InChI=1S/C47H56N8O9/c1-24-7-13-36(54(24)44(56)39(26(3)60-4)52-46(58)61-5)42-48-22-35(50-42)29-9-11-31-30(19-29)23-64-38-21-32-28(20-33(31)38)10-12-34-41(32)51-43(49-34)37-14-8-25(2)55(37)45(57)40(53-47(59)62-6)27-15-17-63-18-16-27/h9-12,19-22,24-27,36-37,39-40H,7-8,13-18,23H2,1-6H3,(H,48,50)(H,49,51)(H,52,58)(H,53,59)/t24-,25-,26+,36-,37-,39-,40?/m0/s1. The summed E-state index contributed by atoms with van der Waals surface area (Å²) in [6.07, 6.45) is 4.28. The summed E-state index contributed by atoms with van der Waals surface area (Å²) in [6.45, 7) is 7.24. The van der Waals surface area contributed by atoms with E-state index < -0.39 is 30.4 Å². The van der Waals surface area contributed by atoms with Crippen molar-refractivity contribution >= 4 is 45.8 Å². The molecule has 7 atom stereocenters.